The molecule has 0 unspecified atom stereocenters. The number of hydrazone groups is 1. The second kappa shape index (κ2) is 7.30. The third-order valence-electron chi connectivity index (χ3n) is 2.31. The summed E-state index contributed by atoms with van der Waals surface area (Å²) < 4.78 is 9.63. The van der Waals surface area contributed by atoms with Crippen molar-refractivity contribution in [2.45, 2.75) is 0 Å². The van der Waals surface area contributed by atoms with Crippen molar-refractivity contribution in [3.8, 4) is 0 Å². The quantitative estimate of drug-likeness (QED) is 0.337. The maximum Gasteiger partial charge on any atom is 0.433 e. The van der Waals surface area contributed by atoms with E-state index in [2.05, 4.69) is 20.7 Å². The lowest BCUT2D eigenvalue weighted by Gasteiger charge is -1.94. The van der Waals surface area contributed by atoms with Crippen LogP contribution in [-0.2, 0) is 0 Å². The molecule has 0 bridgehead atoms. The van der Waals surface area contributed by atoms with E-state index in [0.717, 1.165) is 12.4 Å². The largest absolute Gasteiger partial charge is 0.433 e. The lowest BCUT2D eigenvalue weighted by molar-refractivity contribution is -0.402. The van der Waals surface area contributed by atoms with Crippen molar-refractivity contribution in [2.75, 3.05) is 0 Å². The summed E-state index contributed by atoms with van der Waals surface area (Å²) >= 11 is 0. The molecule has 3 N–H and O–H groups in total. The highest BCUT2D eigenvalue weighted by atomic mass is 16.7. The smallest absolute Gasteiger partial charge is 0.400 e. The molecule has 13 heteroatoms. The molecule has 0 atom stereocenters. The molecule has 0 spiro atoms. The first-order chi connectivity index (χ1) is 11.5. The summed E-state index contributed by atoms with van der Waals surface area (Å²) in [6.45, 7) is 0. The van der Waals surface area contributed by atoms with E-state index in [4.69, 9.17) is 14.6 Å². The fourth-order valence-corrected chi connectivity index (χ4v) is 1.35. The Labute approximate surface area is 132 Å². The molecule has 0 saturated heterocycles. The fraction of sp³-hybridized carbons (Fsp3) is 0. The molecule has 2 aromatic heterocycles. The number of nitrogens with one attached hydrogen (secondary N) is 1. The van der Waals surface area contributed by atoms with Crippen LogP contribution in [0, 0.1) is 20.2 Å². The van der Waals surface area contributed by atoms with Gasteiger partial charge in [0.2, 0.25) is 5.96 Å². The first kappa shape index (κ1) is 16.3. The van der Waals surface area contributed by atoms with Gasteiger partial charge >= 0.3 is 11.8 Å². The van der Waals surface area contributed by atoms with Crippen molar-refractivity contribution in [3.63, 3.8) is 0 Å². The second-order valence-corrected chi connectivity index (χ2v) is 3.97. The maximum absolute atomic E-state index is 10.4. The number of nitrogens with zero attached hydrogens (tertiary/aromatic N) is 5. The van der Waals surface area contributed by atoms with Crippen molar-refractivity contribution in [1.82, 2.24) is 5.43 Å². The third kappa shape index (κ3) is 4.48. The number of hydrogen-bond donors (Lipinski definition) is 2. The Morgan fingerprint density at radius 2 is 1.58 bits per heavy atom. The summed E-state index contributed by atoms with van der Waals surface area (Å²) in [4.78, 5) is 19.5. The minimum atomic E-state index is -0.690. The van der Waals surface area contributed by atoms with Gasteiger partial charge in [-0.2, -0.15) is 10.2 Å². The number of rotatable bonds is 6. The molecule has 0 aliphatic carbocycles. The van der Waals surface area contributed by atoms with E-state index in [1.165, 1.54) is 24.3 Å². The monoisotopic (exact) mass is 335 g/mol. The van der Waals surface area contributed by atoms with E-state index in [-0.39, 0.29) is 17.5 Å². The summed E-state index contributed by atoms with van der Waals surface area (Å²) in [5.41, 5.74) is 7.74. The van der Waals surface area contributed by atoms with E-state index < -0.39 is 21.6 Å². The summed E-state index contributed by atoms with van der Waals surface area (Å²) in [6, 6.07) is 5.02. The van der Waals surface area contributed by atoms with E-state index in [1.54, 1.807) is 0 Å². The molecule has 0 aliphatic rings. The van der Waals surface area contributed by atoms with Gasteiger partial charge in [-0.25, -0.2) is 5.43 Å². The number of guanidine groups is 1. The van der Waals surface area contributed by atoms with Gasteiger partial charge in [-0.1, -0.05) is 0 Å². The van der Waals surface area contributed by atoms with Crippen LogP contribution in [0.2, 0.25) is 0 Å². The van der Waals surface area contributed by atoms with Gasteiger partial charge in [-0.15, -0.1) is 5.10 Å². The minimum Gasteiger partial charge on any atom is -0.400 e. The van der Waals surface area contributed by atoms with Gasteiger partial charge in [0.15, 0.2) is 11.5 Å². The number of nitrogens with two attached hydrogens (primary N) is 1. The summed E-state index contributed by atoms with van der Waals surface area (Å²) in [7, 11) is 0. The number of nitro groups is 2. The van der Waals surface area contributed by atoms with E-state index in [1.807, 2.05) is 0 Å². The number of hydrogen-bond acceptors (Lipinski definition) is 9. The fourth-order valence-electron chi connectivity index (χ4n) is 1.35. The average molecular weight is 335 g/mol. The van der Waals surface area contributed by atoms with Crippen molar-refractivity contribution in [1.29, 1.82) is 0 Å². The second-order valence-electron chi connectivity index (χ2n) is 3.97. The number of furan rings is 2. The Bertz CT molecular complexity index is 834. The highest BCUT2D eigenvalue weighted by Crippen LogP contribution is 2.14. The molecule has 0 aliphatic heterocycles. The van der Waals surface area contributed by atoms with Crippen molar-refractivity contribution >= 4 is 30.2 Å². The average Bonchev–Trinajstić information content (AvgIpc) is 3.16. The van der Waals surface area contributed by atoms with Crippen LogP contribution in [0.5, 0.6) is 0 Å². The third-order valence-corrected chi connectivity index (χ3v) is 2.31. The van der Waals surface area contributed by atoms with Crippen LogP contribution in [0.4, 0.5) is 11.8 Å². The topological polar surface area (TPSA) is 188 Å². The van der Waals surface area contributed by atoms with E-state index in [9.17, 15) is 20.2 Å². The molecule has 24 heavy (non-hydrogen) atoms. The van der Waals surface area contributed by atoms with Gasteiger partial charge in [-0.05, 0) is 12.1 Å². The Hall–Kier alpha value is -4.03. The van der Waals surface area contributed by atoms with Crippen molar-refractivity contribution in [3.05, 3.63) is 56.0 Å². The lowest BCUT2D eigenvalue weighted by Crippen LogP contribution is -2.26. The molecular weight excluding hydrogens is 326 g/mol. The zero-order chi connectivity index (χ0) is 17.5. The van der Waals surface area contributed by atoms with Crippen LogP contribution < -0.4 is 11.2 Å². The highest BCUT2D eigenvalue weighted by Gasteiger charge is 2.10. The Kier molecular flexibility index (Phi) is 4.97. The van der Waals surface area contributed by atoms with Gasteiger partial charge < -0.3 is 14.6 Å². The van der Waals surface area contributed by atoms with Gasteiger partial charge in [0.25, 0.3) is 0 Å². The van der Waals surface area contributed by atoms with E-state index in [0.29, 0.717) is 0 Å². The van der Waals surface area contributed by atoms with Crippen molar-refractivity contribution < 1.29 is 18.7 Å². The van der Waals surface area contributed by atoms with Crippen molar-refractivity contribution in [2.24, 2.45) is 21.0 Å². The first-order valence-corrected chi connectivity index (χ1v) is 6.10. The Morgan fingerprint density at radius 3 is 2.08 bits per heavy atom. The molecule has 0 radical (unpaired) electrons. The summed E-state index contributed by atoms with van der Waals surface area (Å²) in [6.07, 6.45) is 2.26. The Balaban J connectivity index is 1.88. The summed E-state index contributed by atoms with van der Waals surface area (Å²) in [5.74, 6) is -0.804. The van der Waals surface area contributed by atoms with Crippen LogP contribution in [0.1, 0.15) is 11.5 Å². The highest BCUT2D eigenvalue weighted by molar-refractivity contribution is 5.82. The Morgan fingerprint density at radius 1 is 1.04 bits per heavy atom. The standard InChI is InChI=1S/C11H9N7O6/c12-11(15-13-5-7-1-3-9(23-7)17(19)20)16-14-6-8-2-4-10(24-8)18(21)22/h1-6H,(H3,12,15,16)/b13-5+,14-6+. The van der Waals surface area contributed by atoms with Crippen LogP contribution >= 0.6 is 0 Å². The molecule has 0 amide bonds. The lowest BCUT2D eigenvalue weighted by atomic mass is 10.5. The molecular formula is C11H9N7O6. The van der Waals surface area contributed by atoms with Crippen LogP contribution in [0.25, 0.3) is 0 Å². The molecule has 2 aromatic rings. The van der Waals surface area contributed by atoms with Crippen LogP contribution in [-0.4, -0.2) is 28.2 Å². The molecule has 124 valence electrons. The predicted molar refractivity (Wildman–Crippen MR) is 80.7 cm³/mol. The first-order valence-electron chi connectivity index (χ1n) is 6.10. The predicted octanol–water partition coefficient (Wildman–Crippen LogP) is 0.961. The minimum absolute atomic E-state index is 0.115. The molecule has 2 rings (SSSR count). The van der Waals surface area contributed by atoms with Gasteiger partial charge in [0.1, 0.15) is 9.85 Å². The van der Waals surface area contributed by atoms with Gasteiger partial charge in [0.05, 0.1) is 24.6 Å². The van der Waals surface area contributed by atoms with Gasteiger partial charge in [0, 0.05) is 0 Å². The summed E-state index contributed by atoms with van der Waals surface area (Å²) in [5, 5.41) is 31.5. The molecule has 0 saturated carbocycles. The molecule has 0 aromatic carbocycles. The van der Waals surface area contributed by atoms with Crippen LogP contribution in [0.15, 0.2) is 48.4 Å². The zero-order valence-electron chi connectivity index (χ0n) is 11.7. The molecule has 0 fully saturated rings. The van der Waals surface area contributed by atoms with Crippen LogP contribution in [0.3, 0.4) is 0 Å². The SMILES string of the molecule is N/C(=N\N=C\c1ccc([N+](=O)[O-])o1)N/N=C/c1ccc([N+](=O)[O-])o1. The van der Waals surface area contributed by atoms with Gasteiger partial charge in [-0.3, -0.25) is 20.2 Å². The molecule has 2 heterocycles. The zero-order valence-corrected chi connectivity index (χ0v) is 11.7. The normalized spacial score (nSPS) is 12.1. The maximum atomic E-state index is 10.4. The molecule has 13 nitrogen and oxygen atoms in total. The van der Waals surface area contributed by atoms with E-state index >= 15 is 0 Å².